The van der Waals surface area contributed by atoms with Crippen molar-refractivity contribution in [1.29, 1.82) is 0 Å². The van der Waals surface area contributed by atoms with Crippen LogP contribution in [0.15, 0.2) is 18.2 Å². The first-order valence-corrected chi connectivity index (χ1v) is 6.74. The fourth-order valence-corrected chi connectivity index (χ4v) is 3.00. The standard InChI is InChI=1S/C15H23FN2/c1-10-5-6-13(16)9-15(10)18-8-7-14(17-4)11(2)12(18)3/h5-6,9,11-12,14,17H,7-8H2,1-4H3. The third kappa shape index (κ3) is 2.37. The molecule has 1 aliphatic rings. The van der Waals surface area contributed by atoms with E-state index in [2.05, 4.69) is 31.0 Å². The van der Waals surface area contributed by atoms with Crippen molar-refractivity contribution in [1.82, 2.24) is 5.32 Å². The van der Waals surface area contributed by atoms with Crippen LogP contribution in [0.5, 0.6) is 0 Å². The number of aryl methyl sites for hydroxylation is 1. The molecule has 100 valence electrons. The molecule has 0 aliphatic carbocycles. The molecule has 3 atom stereocenters. The average Bonchev–Trinajstić information content (AvgIpc) is 2.36. The number of rotatable bonds is 2. The lowest BCUT2D eigenvalue weighted by atomic mass is 9.86. The van der Waals surface area contributed by atoms with Gasteiger partial charge in [0, 0.05) is 24.3 Å². The molecule has 0 radical (unpaired) electrons. The highest BCUT2D eigenvalue weighted by Gasteiger charge is 2.32. The van der Waals surface area contributed by atoms with Crippen molar-refractivity contribution in [2.45, 2.75) is 39.3 Å². The Labute approximate surface area is 109 Å². The van der Waals surface area contributed by atoms with Crippen LogP contribution in [0.4, 0.5) is 10.1 Å². The predicted molar refractivity (Wildman–Crippen MR) is 74.6 cm³/mol. The van der Waals surface area contributed by atoms with Gasteiger partial charge < -0.3 is 10.2 Å². The van der Waals surface area contributed by atoms with E-state index in [1.165, 1.54) is 6.07 Å². The van der Waals surface area contributed by atoms with Gasteiger partial charge in [-0.25, -0.2) is 4.39 Å². The van der Waals surface area contributed by atoms with Crippen molar-refractivity contribution in [2.24, 2.45) is 5.92 Å². The summed E-state index contributed by atoms with van der Waals surface area (Å²) in [6.07, 6.45) is 1.11. The maximum atomic E-state index is 13.4. The monoisotopic (exact) mass is 250 g/mol. The number of nitrogens with zero attached hydrogens (tertiary/aromatic N) is 1. The topological polar surface area (TPSA) is 15.3 Å². The Balaban J connectivity index is 2.26. The SMILES string of the molecule is CNC1CCN(c2cc(F)ccc2C)C(C)C1C. The van der Waals surface area contributed by atoms with Crippen LogP contribution in [0.25, 0.3) is 0 Å². The second-order valence-electron chi connectivity index (χ2n) is 5.41. The number of hydrogen-bond donors (Lipinski definition) is 1. The molecule has 0 aromatic heterocycles. The van der Waals surface area contributed by atoms with Gasteiger partial charge in [0.15, 0.2) is 0 Å². The normalized spacial score (nSPS) is 28.5. The molecule has 2 rings (SSSR count). The minimum Gasteiger partial charge on any atom is -0.368 e. The van der Waals surface area contributed by atoms with Gasteiger partial charge in [0.2, 0.25) is 0 Å². The van der Waals surface area contributed by atoms with E-state index in [1.54, 1.807) is 6.07 Å². The zero-order valence-electron chi connectivity index (χ0n) is 11.7. The Hall–Kier alpha value is -1.09. The van der Waals surface area contributed by atoms with E-state index in [-0.39, 0.29) is 5.82 Å². The molecular formula is C15H23FN2. The summed E-state index contributed by atoms with van der Waals surface area (Å²) >= 11 is 0. The van der Waals surface area contributed by atoms with Crippen molar-refractivity contribution in [3.63, 3.8) is 0 Å². The lowest BCUT2D eigenvalue weighted by Gasteiger charge is -2.44. The van der Waals surface area contributed by atoms with Crippen molar-refractivity contribution in [3.8, 4) is 0 Å². The van der Waals surface area contributed by atoms with Crippen LogP contribution >= 0.6 is 0 Å². The van der Waals surface area contributed by atoms with E-state index < -0.39 is 0 Å². The van der Waals surface area contributed by atoms with Crippen LogP contribution in [-0.2, 0) is 0 Å². The molecule has 0 spiro atoms. The van der Waals surface area contributed by atoms with Crippen LogP contribution in [0.1, 0.15) is 25.8 Å². The third-order valence-electron chi connectivity index (χ3n) is 4.42. The molecule has 0 saturated carbocycles. The van der Waals surface area contributed by atoms with E-state index in [1.807, 2.05) is 13.1 Å². The molecule has 2 nitrogen and oxygen atoms in total. The molecule has 18 heavy (non-hydrogen) atoms. The van der Waals surface area contributed by atoms with Crippen LogP contribution < -0.4 is 10.2 Å². The largest absolute Gasteiger partial charge is 0.368 e. The fourth-order valence-electron chi connectivity index (χ4n) is 3.00. The van der Waals surface area contributed by atoms with E-state index >= 15 is 0 Å². The van der Waals surface area contributed by atoms with Crippen LogP contribution in [0.2, 0.25) is 0 Å². The van der Waals surface area contributed by atoms with Gasteiger partial charge in [-0.3, -0.25) is 0 Å². The fraction of sp³-hybridized carbons (Fsp3) is 0.600. The van der Waals surface area contributed by atoms with E-state index in [9.17, 15) is 4.39 Å². The second kappa shape index (κ2) is 5.27. The van der Waals surface area contributed by atoms with Gasteiger partial charge in [0.1, 0.15) is 5.82 Å². The smallest absolute Gasteiger partial charge is 0.125 e. The first-order valence-electron chi connectivity index (χ1n) is 6.74. The number of anilines is 1. The van der Waals surface area contributed by atoms with Gasteiger partial charge in [-0.2, -0.15) is 0 Å². The molecule has 0 amide bonds. The second-order valence-corrected chi connectivity index (χ2v) is 5.41. The highest BCUT2D eigenvalue weighted by atomic mass is 19.1. The van der Waals surface area contributed by atoms with Crippen molar-refractivity contribution >= 4 is 5.69 Å². The van der Waals surface area contributed by atoms with E-state index in [0.717, 1.165) is 24.2 Å². The maximum absolute atomic E-state index is 13.4. The Kier molecular flexibility index (Phi) is 3.91. The zero-order chi connectivity index (χ0) is 13.3. The van der Waals surface area contributed by atoms with Gasteiger partial charge in [0.05, 0.1) is 0 Å². The Bertz CT molecular complexity index is 419. The van der Waals surface area contributed by atoms with Crippen LogP contribution in [0, 0.1) is 18.7 Å². The van der Waals surface area contributed by atoms with Gasteiger partial charge in [-0.15, -0.1) is 0 Å². The van der Waals surface area contributed by atoms with Crippen LogP contribution in [0.3, 0.4) is 0 Å². The summed E-state index contributed by atoms with van der Waals surface area (Å²) in [6, 6.07) is 6.05. The molecule has 1 saturated heterocycles. The first-order chi connectivity index (χ1) is 8.54. The minimum atomic E-state index is -0.147. The highest BCUT2D eigenvalue weighted by Crippen LogP contribution is 2.31. The van der Waals surface area contributed by atoms with Crippen molar-refractivity contribution in [3.05, 3.63) is 29.6 Å². The molecule has 1 fully saturated rings. The summed E-state index contributed by atoms with van der Waals surface area (Å²) in [6.45, 7) is 7.54. The van der Waals surface area contributed by atoms with E-state index in [0.29, 0.717) is 18.0 Å². The summed E-state index contributed by atoms with van der Waals surface area (Å²) in [5, 5.41) is 3.38. The Morgan fingerprint density at radius 1 is 1.33 bits per heavy atom. The zero-order valence-corrected chi connectivity index (χ0v) is 11.7. The number of piperidine rings is 1. The molecule has 1 aromatic carbocycles. The molecular weight excluding hydrogens is 227 g/mol. The van der Waals surface area contributed by atoms with Crippen LogP contribution in [-0.4, -0.2) is 25.7 Å². The maximum Gasteiger partial charge on any atom is 0.125 e. The summed E-state index contributed by atoms with van der Waals surface area (Å²) in [5.74, 6) is 0.414. The van der Waals surface area contributed by atoms with Gasteiger partial charge in [0.25, 0.3) is 0 Å². The molecule has 1 aliphatic heterocycles. The average molecular weight is 250 g/mol. The minimum absolute atomic E-state index is 0.147. The number of hydrogen-bond acceptors (Lipinski definition) is 2. The molecule has 3 heteroatoms. The van der Waals surface area contributed by atoms with Gasteiger partial charge >= 0.3 is 0 Å². The number of nitrogens with one attached hydrogen (secondary N) is 1. The predicted octanol–water partition coefficient (Wildman–Crippen LogP) is 2.96. The highest BCUT2D eigenvalue weighted by molar-refractivity contribution is 5.54. The summed E-state index contributed by atoms with van der Waals surface area (Å²) in [5.41, 5.74) is 2.20. The Morgan fingerprint density at radius 3 is 2.72 bits per heavy atom. The summed E-state index contributed by atoms with van der Waals surface area (Å²) in [4.78, 5) is 2.34. The number of benzene rings is 1. The molecule has 1 N–H and O–H groups in total. The van der Waals surface area contributed by atoms with Gasteiger partial charge in [-0.05, 0) is 50.9 Å². The summed E-state index contributed by atoms with van der Waals surface area (Å²) < 4.78 is 13.4. The third-order valence-corrected chi connectivity index (χ3v) is 4.42. The van der Waals surface area contributed by atoms with Crippen molar-refractivity contribution < 1.29 is 4.39 Å². The molecule has 0 bridgehead atoms. The van der Waals surface area contributed by atoms with E-state index in [4.69, 9.17) is 0 Å². The lowest BCUT2D eigenvalue weighted by Crippen LogP contribution is -2.53. The first kappa shape index (κ1) is 13.3. The summed E-state index contributed by atoms with van der Waals surface area (Å²) in [7, 11) is 2.02. The lowest BCUT2D eigenvalue weighted by molar-refractivity contribution is 0.282. The molecule has 3 unspecified atom stereocenters. The Morgan fingerprint density at radius 2 is 2.06 bits per heavy atom. The van der Waals surface area contributed by atoms with Gasteiger partial charge in [-0.1, -0.05) is 13.0 Å². The molecule has 1 heterocycles. The number of halogens is 1. The van der Waals surface area contributed by atoms with Crippen molar-refractivity contribution in [2.75, 3.05) is 18.5 Å². The quantitative estimate of drug-likeness (QED) is 0.868. The molecule has 1 aromatic rings.